The van der Waals surface area contributed by atoms with E-state index in [0.717, 1.165) is 5.56 Å². The van der Waals surface area contributed by atoms with Gasteiger partial charge in [-0.1, -0.05) is 30.3 Å². The molecule has 0 aromatic heterocycles. The van der Waals surface area contributed by atoms with Gasteiger partial charge in [-0.05, 0) is 5.56 Å². The highest BCUT2D eigenvalue weighted by Crippen LogP contribution is 2.17. The number of nitrogens with zero attached hydrogens (tertiary/aromatic N) is 1. The summed E-state index contributed by atoms with van der Waals surface area (Å²) in [6.45, 7) is 0.706. The lowest BCUT2D eigenvalue weighted by atomic mass is 10.1. The van der Waals surface area contributed by atoms with Crippen molar-refractivity contribution >= 4 is 15.9 Å². The van der Waals surface area contributed by atoms with Gasteiger partial charge in [0.25, 0.3) is 0 Å². The zero-order valence-electron chi connectivity index (χ0n) is 12.9. The molecule has 0 saturated carbocycles. The molecule has 2 atom stereocenters. The number of amides is 1. The van der Waals surface area contributed by atoms with Crippen molar-refractivity contribution in [2.45, 2.75) is 12.5 Å². The number of nitrogens with one attached hydrogen (secondary N) is 1. The number of rotatable bonds is 6. The summed E-state index contributed by atoms with van der Waals surface area (Å²) in [4.78, 5) is 12.1. The average Bonchev–Trinajstić information content (AvgIpc) is 2.86. The molecule has 1 aliphatic heterocycles. The van der Waals surface area contributed by atoms with Gasteiger partial charge < -0.3 is 10.1 Å². The van der Waals surface area contributed by atoms with Crippen LogP contribution in [-0.2, 0) is 26.0 Å². The lowest BCUT2D eigenvalue weighted by Gasteiger charge is -2.21. The van der Waals surface area contributed by atoms with Gasteiger partial charge in [0.15, 0.2) is 0 Å². The third kappa shape index (κ3) is 4.53. The molecule has 1 fully saturated rings. The minimum Gasteiger partial charge on any atom is -0.379 e. The van der Waals surface area contributed by atoms with Gasteiger partial charge in [-0.2, -0.15) is 0 Å². The van der Waals surface area contributed by atoms with E-state index in [2.05, 4.69) is 5.32 Å². The summed E-state index contributed by atoms with van der Waals surface area (Å²) < 4.78 is 30.5. The number of hydrogen-bond donors (Lipinski definition) is 1. The number of sulfonamides is 1. The summed E-state index contributed by atoms with van der Waals surface area (Å²) in [5, 5.41) is 2.89. The molecule has 1 N–H and O–H groups in total. The second-order valence-corrected chi connectivity index (χ2v) is 7.92. The van der Waals surface area contributed by atoms with Crippen LogP contribution in [0.15, 0.2) is 30.3 Å². The van der Waals surface area contributed by atoms with Crippen molar-refractivity contribution in [3.63, 3.8) is 0 Å². The van der Waals surface area contributed by atoms with Crippen LogP contribution in [0.2, 0.25) is 0 Å². The van der Waals surface area contributed by atoms with E-state index >= 15 is 0 Å². The van der Waals surface area contributed by atoms with Crippen LogP contribution in [0.1, 0.15) is 5.56 Å². The zero-order chi connectivity index (χ0) is 16.2. The minimum absolute atomic E-state index is 0.0176. The van der Waals surface area contributed by atoms with Gasteiger partial charge >= 0.3 is 0 Å². The molecule has 1 saturated heterocycles. The van der Waals surface area contributed by atoms with E-state index in [-0.39, 0.29) is 30.0 Å². The van der Waals surface area contributed by atoms with Gasteiger partial charge in [0.2, 0.25) is 15.9 Å². The highest BCUT2D eigenvalue weighted by Gasteiger charge is 2.34. The van der Waals surface area contributed by atoms with Crippen LogP contribution in [-0.4, -0.2) is 57.7 Å². The predicted octanol–water partition coefficient (Wildman–Crippen LogP) is 0.252. The summed E-state index contributed by atoms with van der Waals surface area (Å²) in [6, 6.07) is 9.18. The second-order valence-electron chi connectivity index (χ2n) is 5.69. The van der Waals surface area contributed by atoms with Crippen LogP contribution in [0, 0.1) is 5.92 Å². The van der Waals surface area contributed by atoms with Gasteiger partial charge in [-0.3, -0.25) is 4.79 Å². The van der Waals surface area contributed by atoms with Crippen molar-refractivity contribution in [3.8, 4) is 0 Å². The van der Waals surface area contributed by atoms with E-state index in [4.69, 9.17) is 4.74 Å². The molecule has 1 amide bonds. The zero-order valence-corrected chi connectivity index (χ0v) is 13.7. The molecule has 0 unspecified atom stereocenters. The molecule has 0 spiro atoms. The van der Waals surface area contributed by atoms with Gasteiger partial charge in [0, 0.05) is 20.0 Å². The first-order valence-corrected chi connectivity index (χ1v) is 8.80. The van der Waals surface area contributed by atoms with Crippen molar-refractivity contribution in [1.82, 2.24) is 9.62 Å². The Kier molecular flexibility index (Phi) is 5.55. The lowest BCUT2D eigenvalue weighted by molar-refractivity contribution is -0.121. The first-order valence-electron chi connectivity index (χ1n) is 7.20. The largest absolute Gasteiger partial charge is 0.379 e. The number of carbonyl (C=O) groups excluding carboxylic acids is 1. The van der Waals surface area contributed by atoms with Crippen molar-refractivity contribution in [1.29, 1.82) is 0 Å². The topological polar surface area (TPSA) is 75.7 Å². The first kappa shape index (κ1) is 16.9. The molecular formula is C15H22N2O4S. The Morgan fingerprint density at radius 1 is 1.27 bits per heavy atom. The molecule has 2 rings (SSSR count). The summed E-state index contributed by atoms with van der Waals surface area (Å²) >= 11 is 0. The molecule has 1 aliphatic rings. The Morgan fingerprint density at radius 2 is 1.95 bits per heavy atom. The highest BCUT2D eigenvalue weighted by molar-refractivity contribution is 7.89. The fourth-order valence-corrected chi connectivity index (χ4v) is 3.55. The van der Waals surface area contributed by atoms with Gasteiger partial charge in [0.1, 0.15) is 0 Å². The fourth-order valence-electron chi connectivity index (χ4n) is 2.38. The van der Waals surface area contributed by atoms with Crippen LogP contribution in [0.4, 0.5) is 0 Å². The van der Waals surface area contributed by atoms with Crippen LogP contribution < -0.4 is 5.32 Å². The highest BCUT2D eigenvalue weighted by atomic mass is 32.2. The van der Waals surface area contributed by atoms with Gasteiger partial charge in [0.05, 0.1) is 31.4 Å². The second kappa shape index (κ2) is 7.21. The molecule has 1 aromatic rings. The molecule has 6 nitrogen and oxygen atoms in total. The summed E-state index contributed by atoms with van der Waals surface area (Å²) in [7, 11) is -0.291. The SMILES string of the molecule is CN(C)S(=O)(=O)C[C@@H]1COC[C@H]1NC(=O)Cc1ccccc1. The maximum atomic E-state index is 12.1. The maximum Gasteiger partial charge on any atom is 0.224 e. The van der Waals surface area contributed by atoms with Gasteiger partial charge in [-0.15, -0.1) is 0 Å². The molecule has 122 valence electrons. The molecule has 0 bridgehead atoms. The van der Waals surface area contributed by atoms with Gasteiger partial charge in [-0.25, -0.2) is 12.7 Å². The monoisotopic (exact) mass is 326 g/mol. The smallest absolute Gasteiger partial charge is 0.224 e. The summed E-state index contributed by atoms with van der Waals surface area (Å²) in [5.41, 5.74) is 0.927. The number of carbonyl (C=O) groups is 1. The maximum absolute atomic E-state index is 12.1. The molecule has 0 radical (unpaired) electrons. The van der Waals surface area contributed by atoms with Crippen LogP contribution >= 0.6 is 0 Å². The van der Waals surface area contributed by atoms with E-state index in [0.29, 0.717) is 13.2 Å². The molecule has 7 heteroatoms. The average molecular weight is 326 g/mol. The van der Waals surface area contributed by atoms with Crippen LogP contribution in [0.5, 0.6) is 0 Å². The number of benzene rings is 1. The third-order valence-electron chi connectivity index (χ3n) is 3.73. The molecule has 0 aliphatic carbocycles. The molecule has 1 aromatic carbocycles. The lowest BCUT2D eigenvalue weighted by Crippen LogP contribution is -2.44. The minimum atomic E-state index is -3.31. The predicted molar refractivity (Wildman–Crippen MR) is 83.9 cm³/mol. The van der Waals surface area contributed by atoms with Crippen LogP contribution in [0.3, 0.4) is 0 Å². The van der Waals surface area contributed by atoms with Crippen molar-refractivity contribution in [3.05, 3.63) is 35.9 Å². The first-order chi connectivity index (χ1) is 10.4. The third-order valence-corrected chi connectivity index (χ3v) is 5.70. The number of hydrogen-bond acceptors (Lipinski definition) is 4. The molecular weight excluding hydrogens is 304 g/mol. The normalized spacial score (nSPS) is 22.0. The Balaban J connectivity index is 1.92. The standard InChI is InChI=1S/C15H22N2O4S/c1-17(2)22(19,20)11-13-9-21-10-14(13)16-15(18)8-12-6-4-3-5-7-12/h3-7,13-14H,8-11H2,1-2H3,(H,16,18)/t13-,14+/m0/s1. The van der Waals surface area contributed by atoms with Crippen molar-refractivity contribution < 1.29 is 17.9 Å². The fraction of sp³-hybridized carbons (Fsp3) is 0.533. The van der Waals surface area contributed by atoms with E-state index < -0.39 is 10.0 Å². The quantitative estimate of drug-likeness (QED) is 0.813. The Bertz CT molecular complexity index is 601. The van der Waals surface area contributed by atoms with Crippen molar-refractivity contribution in [2.75, 3.05) is 33.1 Å². The summed E-state index contributed by atoms with van der Waals surface area (Å²) in [5.74, 6) is -0.350. The van der Waals surface area contributed by atoms with E-state index in [9.17, 15) is 13.2 Å². The van der Waals surface area contributed by atoms with E-state index in [1.165, 1.54) is 18.4 Å². The molecule has 22 heavy (non-hydrogen) atoms. The Hall–Kier alpha value is -1.44. The summed E-state index contributed by atoms with van der Waals surface area (Å²) in [6.07, 6.45) is 0.282. The Morgan fingerprint density at radius 3 is 2.59 bits per heavy atom. The van der Waals surface area contributed by atoms with E-state index in [1.807, 2.05) is 30.3 Å². The Labute approximate surface area is 131 Å². The van der Waals surface area contributed by atoms with Crippen LogP contribution in [0.25, 0.3) is 0 Å². The molecule has 1 heterocycles. The van der Waals surface area contributed by atoms with E-state index in [1.54, 1.807) is 0 Å². The van der Waals surface area contributed by atoms with Crippen molar-refractivity contribution in [2.24, 2.45) is 5.92 Å². The number of ether oxygens (including phenoxy) is 1.